The third kappa shape index (κ3) is 2.72. The van der Waals surface area contributed by atoms with Crippen LogP contribution in [0.4, 0.5) is 11.6 Å². The van der Waals surface area contributed by atoms with Crippen LogP contribution in [-0.2, 0) is 0 Å². The number of anilines is 2. The predicted octanol–water partition coefficient (Wildman–Crippen LogP) is 1.26. The second-order valence-electron chi connectivity index (χ2n) is 5.75. The number of rotatable bonds is 4. The SMILES string of the molecule is CC1(O)CCN(c2cc(NCC3CC3)ncn2)C1. The van der Waals surface area contributed by atoms with Gasteiger partial charge >= 0.3 is 0 Å². The van der Waals surface area contributed by atoms with Crippen LogP contribution in [0.3, 0.4) is 0 Å². The standard InChI is InChI=1S/C13H20N4O/c1-13(18)4-5-17(8-13)12-6-11(15-9-16-12)14-7-10-2-3-10/h6,9-10,18H,2-5,7-8H2,1H3,(H,14,15,16). The highest BCUT2D eigenvalue weighted by molar-refractivity contribution is 5.49. The topological polar surface area (TPSA) is 61.3 Å². The van der Waals surface area contributed by atoms with E-state index >= 15 is 0 Å². The summed E-state index contributed by atoms with van der Waals surface area (Å²) in [5.41, 5.74) is -0.591. The third-order valence-electron chi connectivity index (χ3n) is 3.70. The lowest BCUT2D eigenvalue weighted by molar-refractivity contribution is 0.0839. The summed E-state index contributed by atoms with van der Waals surface area (Å²) in [5, 5.41) is 13.3. The summed E-state index contributed by atoms with van der Waals surface area (Å²) >= 11 is 0. The zero-order chi connectivity index (χ0) is 12.6. The molecule has 2 aliphatic rings. The molecule has 0 bridgehead atoms. The Labute approximate surface area is 107 Å². The number of hydrogen-bond acceptors (Lipinski definition) is 5. The molecule has 18 heavy (non-hydrogen) atoms. The van der Waals surface area contributed by atoms with Gasteiger partial charge in [0, 0.05) is 25.7 Å². The normalized spacial score (nSPS) is 27.6. The van der Waals surface area contributed by atoms with Gasteiger partial charge in [0.2, 0.25) is 0 Å². The minimum atomic E-state index is -0.591. The average molecular weight is 248 g/mol. The highest BCUT2D eigenvalue weighted by Crippen LogP contribution is 2.29. The van der Waals surface area contributed by atoms with E-state index in [0.717, 1.165) is 37.1 Å². The highest BCUT2D eigenvalue weighted by atomic mass is 16.3. The van der Waals surface area contributed by atoms with Gasteiger partial charge in [-0.05, 0) is 32.1 Å². The lowest BCUT2D eigenvalue weighted by Gasteiger charge is -2.20. The van der Waals surface area contributed by atoms with Gasteiger partial charge in [-0.1, -0.05) is 0 Å². The fraction of sp³-hybridized carbons (Fsp3) is 0.692. The van der Waals surface area contributed by atoms with E-state index in [0.29, 0.717) is 6.54 Å². The van der Waals surface area contributed by atoms with Crippen molar-refractivity contribution in [1.29, 1.82) is 0 Å². The molecule has 1 saturated heterocycles. The number of hydrogen-bond donors (Lipinski definition) is 2. The van der Waals surface area contributed by atoms with E-state index in [-0.39, 0.29) is 0 Å². The Hall–Kier alpha value is -1.36. The lowest BCUT2D eigenvalue weighted by Crippen LogP contribution is -2.30. The van der Waals surface area contributed by atoms with E-state index in [1.54, 1.807) is 6.33 Å². The van der Waals surface area contributed by atoms with E-state index in [9.17, 15) is 5.11 Å². The first kappa shape index (κ1) is 11.7. The van der Waals surface area contributed by atoms with E-state index < -0.39 is 5.60 Å². The molecule has 1 aliphatic carbocycles. The van der Waals surface area contributed by atoms with Crippen LogP contribution in [0.15, 0.2) is 12.4 Å². The van der Waals surface area contributed by atoms with Gasteiger partial charge in [0.05, 0.1) is 5.60 Å². The molecule has 0 amide bonds. The average Bonchev–Trinajstić information content (AvgIpc) is 3.10. The quantitative estimate of drug-likeness (QED) is 0.840. The number of β-amino-alcohol motifs (C(OH)–C–C–N with tert-alkyl or cyclic N) is 1. The first-order valence-corrected chi connectivity index (χ1v) is 6.66. The van der Waals surface area contributed by atoms with Crippen molar-refractivity contribution in [2.75, 3.05) is 29.9 Å². The third-order valence-corrected chi connectivity index (χ3v) is 3.70. The molecule has 1 aromatic heterocycles. The molecule has 0 aromatic carbocycles. The molecule has 2 N–H and O–H groups in total. The second kappa shape index (κ2) is 4.39. The molecule has 3 rings (SSSR count). The smallest absolute Gasteiger partial charge is 0.134 e. The van der Waals surface area contributed by atoms with Crippen molar-refractivity contribution >= 4 is 11.6 Å². The van der Waals surface area contributed by atoms with Gasteiger partial charge in [0.1, 0.15) is 18.0 Å². The van der Waals surface area contributed by atoms with Gasteiger partial charge < -0.3 is 15.3 Å². The molecule has 98 valence electrons. The van der Waals surface area contributed by atoms with Crippen LogP contribution >= 0.6 is 0 Å². The number of nitrogens with zero attached hydrogens (tertiary/aromatic N) is 3. The zero-order valence-electron chi connectivity index (χ0n) is 10.8. The Morgan fingerprint density at radius 2 is 2.33 bits per heavy atom. The predicted molar refractivity (Wildman–Crippen MR) is 70.7 cm³/mol. The molecule has 5 heteroatoms. The summed E-state index contributed by atoms with van der Waals surface area (Å²) in [4.78, 5) is 10.6. The maximum Gasteiger partial charge on any atom is 0.134 e. The van der Waals surface area contributed by atoms with Crippen LogP contribution in [0.25, 0.3) is 0 Å². The fourth-order valence-corrected chi connectivity index (χ4v) is 2.33. The van der Waals surface area contributed by atoms with Gasteiger partial charge in [-0.25, -0.2) is 9.97 Å². The first-order chi connectivity index (χ1) is 8.62. The van der Waals surface area contributed by atoms with Gasteiger partial charge in [0.25, 0.3) is 0 Å². The van der Waals surface area contributed by atoms with E-state index in [2.05, 4.69) is 20.2 Å². The maximum absolute atomic E-state index is 9.98. The fourth-order valence-electron chi connectivity index (χ4n) is 2.33. The highest BCUT2D eigenvalue weighted by Gasteiger charge is 2.32. The lowest BCUT2D eigenvalue weighted by atomic mass is 10.1. The molecule has 1 aliphatic heterocycles. The van der Waals surface area contributed by atoms with Crippen molar-refractivity contribution in [2.45, 2.75) is 31.8 Å². The summed E-state index contributed by atoms with van der Waals surface area (Å²) in [6.07, 6.45) is 5.05. The summed E-state index contributed by atoms with van der Waals surface area (Å²) in [6.45, 7) is 4.38. The minimum absolute atomic E-state index is 0.591. The second-order valence-corrected chi connectivity index (χ2v) is 5.75. The molecule has 1 saturated carbocycles. The zero-order valence-corrected chi connectivity index (χ0v) is 10.8. The van der Waals surface area contributed by atoms with Crippen molar-refractivity contribution in [3.8, 4) is 0 Å². The van der Waals surface area contributed by atoms with Crippen LogP contribution in [0.1, 0.15) is 26.2 Å². The Morgan fingerprint density at radius 1 is 1.50 bits per heavy atom. The van der Waals surface area contributed by atoms with Crippen LogP contribution in [0.5, 0.6) is 0 Å². The Bertz CT molecular complexity index is 431. The Morgan fingerprint density at radius 3 is 3.00 bits per heavy atom. The summed E-state index contributed by atoms with van der Waals surface area (Å²) in [6, 6.07) is 1.98. The number of nitrogens with one attached hydrogen (secondary N) is 1. The molecule has 1 aromatic rings. The molecule has 0 spiro atoms. The Kier molecular flexibility index (Phi) is 2.86. The first-order valence-electron chi connectivity index (χ1n) is 6.66. The molecule has 5 nitrogen and oxygen atoms in total. The van der Waals surface area contributed by atoms with Gasteiger partial charge in [-0.2, -0.15) is 0 Å². The van der Waals surface area contributed by atoms with E-state index in [1.165, 1.54) is 12.8 Å². The van der Waals surface area contributed by atoms with Crippen molar-refractivity contribution in [3.05, 3.63) is 12.4 Å². The minimum Gasteiger partial charge on any atom is -0.388 e. The number of aliphatic hydroxyl groups is 1. The van der Waals surface area contributed by atoms with E-state index in [4.69, 9.17) is 0 Å². The molecule has 1 atom stereocenters. The molecular formula is C13H20N4O. The Balaban J connectivity index is 1.66. The summed E-state index contributed by atoms with van der Waals surface area (Å²) < 4.78 is 0. The van der Waals surface area contributed by atoms with Crippen LogP contribution in [-0.4, -0.2) is 40.3 Å². The van der Waals surface area contributed by atoms with Crippen LogP contribution < -0.4 is 10.2 Å². The summed E-state index contributed by atoms with van der Waals surface area (Å²) in [5.74, 6) is 2.62. The largest absolute Gasteiger partial charge is 0.388 e. The monoisotopic (exact) mass is 248 g/mol. The van der Waals surface area contributed by atoms with Crippen molar-refractivity contribution in [1.82, 2.24) is 9.97 Å². The molecule has 2 fully saturated rings. The van der Waals surface area contributed by atoms with Crippen molar-refractivity contribution in [2.24, 2.45) is 5.92 Å². The maximum atomic E-state index is 9.98. The van der Waals surface area contributed by atoms with Crippen molar-refractivity contribution in [3.63, 3.8) is 0 Å². The van der Waals surface area contributed by atoms with Crippen LogP contribution in [0.2, 0.25) is 0 Å². The van der Waals surface area contributed by atoms with Crippen LogP contribution in [0, 0.1) is 5.92 Å². The van der Waals surface area contributed by atoms with Crippen molar-refractivity contribution < 1.29 is 5.11 Å². The molecular weight excluding hydrogens is 228 g/mol. The summed E-state index contributed by atoms with van der Waals surface area (Å²) in [7, 11) is 0. The van der Waals surface area contributed by atoms with Gasteiger partial charge in [-0.15, -0.1) is 0 Å². The molecule has 1 unspecified atom stereocenters. The van der Waals surface area contributed by atoms with Gasteiger partial charge in [0.15, 0.2) is 0 Å². The van der Waals surface area contributed by atoms with E-state index in [1.807, 2.05) is 13.0 Å². The number of aromatic nitrogens is 2. The van der Waals surface area contributed by atoms with Gasteiger partial charge in [-0.3, -0.25) is 0 Å². The molecule has 0 radical (unpaired) electrons. The molecule has 2 heterocycles.